The highest BCUT2D eigenvalue weighted by molar-refractivity contribution is 5.78. The van der Waals surface area contributed by atoms with E-state index in [2.05, 4.69) is 48.3 Å². The molecule has 3 rings (SSSR count). The van der Waals surface area contributed by atoms with E-state index >= 15 is 0 Å². The third-order valence-corrected chi connectivity index (χ3v) is 5.78. The van der Waals surface area contributed by atoms with E-state index < -0.39 is 0 Å². The Morgan fingerprint density at radius 3 is 2.48 bits per heavy atom. The van der Waals surface area contributed by atoms with Crippen molar-refractivity contribution in [3.05, 3.63) is 71.0 Å². The number of aryl methyl sites for hydroxylation is 1. The molecule has 0 radical (unpaired) electrons. The Kier molecular flexibility index (Phi) is 7.82. The number of carbonyl (C=O) groups excluding carboxylic acids is 1. The minimum absolute atomic E-state index is 0.0505. The average Bonchev–Trinajstić information content (AvgIpc) is 2.73. The second-order valence-electron chi connectivity index (χ2n) is 8.49. The molecule has 1 aliphatic heterocycles. The molecule has 156 valence electrons. The van der Waals surface area contributed by atoms with Crippen molar-refractivity contribution in [2.24, 2.45) is 5.92 Å². The fourth-order valence-electron chi connectivity index (χ4n) is 3.98. The highest BCUT2D eigenvalue weighted by Crippen LogP contribution is 2.19. The van der Waals surface area contributed by atoms with Crippen molar-refractivity contribution in [3.63, 3.8) is 0 Å². The summed E-state index contributed by atoms with van der Waals surface area (Å²) in [7, 11) is 0. The summed E-state index contributed by atoms with van der Waals surface area (Å²) < 4.78 is 13.1. The average molecular weight is 397 g/mol. The first-order chi connectivity index (χ1) is 14.0. The van der Waals surface area contributed by atoms with Crippen molar-refractivity contribution in [3.8, 4) is 0 Å². The minimum atomic E-state index is -0.208. The zero-order valence-electron chi connectivity index (χ0n) is 17.7. The van der Waals surface area contributed by atoms with Crippen LogP contribution in [-0.4, -0.2) is 30.4 Å². The summed E-state index contributed by atoms with van der Waals surface area (Å²) in [6, 6.07) is 15.5. The summed E-state index contributed by atoms with van der Waals surface area (Å²) in [4.78, 5) is 14.9. The summed E-state index contributed by atoms with van der Waals surface area (Å²) in [6.45, 7) is 7.68. The van der Waals surface area contributed by atoms with Crippen molar-refractivity contribution in [1.29, 1.82) is 0 Å². The Balaban J connectivity index is 1.39. The lowest BCUT2D eigenvalue weighted by Crippen LogP contribution is -2.42. The molecule has 1 amide bonds. The van der Waals surface area contributed by atoms with Crippen molar-refractivity contribution in [1.82, 2.24) is 10.2 Å². The molecule has 1 heterocycles. The van der Waals surface area contributed by atoms with Crippen molar-refractivity contribution < 1.29 is 9.18 Å². The van der Waals surface area contributed by atoms with Crippen molar-refractivity contribution in [2.45, 2.75) is 52.0 Å². The van der Waals surface area contributed by atoms with Crippen LogP contribution in [0.5, 0.6) is 0 Å². The molecule has 1 fully saturated rings. The Hall–Kier alpha value is -2.20. The Labute approximate surface area is 174 Å². The molecule has 1 atom stereocenters. The van der Waals surface area contributed by atoms with Crippen LogP contribution in [0.4, 0.5) is 4.39 Å². The van der Waals surface area contributed by atoms with Gasteiger partial charge < -0.3 is 5.32 Å². The van der Waals surface area contributed by atoms with E-state index in [0.29, 0.717) is 5.92 Å². The molecule has 2 aromatic rings. The second-order valence-corrected chi connectivity index (χ2v) is 8.49. The molecule has 0 aliphatic carbocycles. The molecule has 29 heavy (non-hydrogen) atoms. The molecular weight excluding hydrogens is 363 g/mol. The van der Waals surface area contributed by atoms with Gasteiger partial charge in [0.2, 0.25) is 5.91 Å². The van der Waals surface area contributed by atoms with Gasteiger partial charge in [0.1, 0.15) is 5.82 Å². The highest BCUT2D eigenvalue weighted by Gasteiger charge is 2.25. The van der Waals surface area contributed by atoms with Crippen LogP contribution in [0.1, 0.15) is 55.7 Å². The first-order valence-electron chi connectivity index (χ1n) is 10.8. The van der Waals surface area contributed by atoms with Crippen LogP contribution in [-0.2, 0) is 17.8 Å². The van der Waals surface area contributed by atoms with Crippen LogP contribution in [0.15, 0.2) is 48.5 Å². The van der Waals surface area contributed by atoms with Gasteiger partial charge in [-0.15, -0.1) is 0 Å². The van der Waals surface area contributed by atoms with Gasteiger partial charge in [0.15, 0.2) is 0 Å². The molecule has 1 N–H and O–H groups in total. The van der Waals surface area contributed by atoms with E-state index in [0.717, 1.165) is 57.4 Å². The minimum Gasteiger partial charge on any atom is -0.356 e. The SMILES string of the molecule is CC(C)c1ccc(CCCNC(=O)C2CCCN(Cc3ccc(F)cc3)C2)cc1. The number of rotatable bonds is 8. The number of halogens is 1. The first kappa shape index (κ1) is 21.5. The van der Waals surface area contributed by atoms with Crippen molar-refractivity contribution >= 4 is 5.91 Å². The topological polar surface area (TPSA) is 32.3 Å². The number of carbonyl (C=O) groups is 1. The molecule has 1 saturated heterocycles. The quantitative estimate of drug-likeness (QED) is 0.643. The Bertz CT molecular complexity index is 770. The number of amides is 1. The molecular formula is C25H33FN2O. The lowest BCUT2D eigenvalue weighted by molar-refractivity contribution is -0.126. The van der Waals surface area contributed by atoms with Gasteiger partial charge in [-0.3, -0.25) is 9.69 Å². The first-order valence-corrected chi connectivity index (χ1v) is 10.8. The maximum absolute atomic E-state index is 13.1. The Morgan fingerprint density at radius 1 is 1.10 bits per heavy atom. The predicted molar refractivity (Wildman–Crippen MR) is 116 cm³/mol. The summed E-state index contributed by atoms with van der Waals surface area (Å²) in [5.41, 5.74) is 3.78. The largest absolute Gasteiger partial charge is 0.356 e. The van der Waals surface area contributed by atoms with Gasteiger partial charge in [0.25, 0.3) is 0 Å². The van der Waals surface area contributed by atoms with Crippen LogP contribution in [0.3, 0.4) is 0 Å². The Morgan fingerprint density at radius 2 is 1.79 bits per heavy atom. The summed E-state index contributed by atoms with van der Waals surface area (Å²) in [6.07, 6.45) is 3.92. The van der Waals surface area contributed by atoms with E-state index in [1.807, 2.05) is 12.1 Å². The van der Waals surface area contributed by atoms with E-state index in [-0.39, 0.29) is 17.6 Å². The summed E-state index contributed by atoms with van der Waals surface area (Å²) >= 11 is 0. The molecule has 1 unspecified atom stereocenters. The van der Waals surface area contributed by atoms with Crippen LogP contribution < -0.4 is 5.32 Å². The molecule has 1 aliphatic rings. The second kappa shape index (κ2) is 10.5. The summed E-state index contributed by atoms with van der Waals surface area (Å²) in [5, 5.41) is 3.13. The zero-order chi connectivity index (χ0) is 20.6. The van der Waals surface area contributed by atoms with E-state index in [9.17, 15) is 9.18 Å². The molecule has 0 spiro atoms. The van der Waals surface area contributed by atoms with Gasteiger partial charge in [-0.25, -0.2) is 4.39 Å². The van der Waals surface area contributed by atoms with Gasteiger partial charge in [-0.1, -0.05) is 50.2 Å². The number of hydrogen-bond acceptors (Lipinski definition) is 2. The normalized spacial score (nSPS) is 17.4. The standard InChI is InChI=1S/C25H33FN2O/c1-19(2)22-11-7-20(8-12-22)5-3-15-27-25(29)23-6-4-16-28(18-23)17-21-9-13-24(26)14-10-21/h7-14,19,23H,3-6,15-18H2,1-2H3,(H,27,29). The maximum atomic E-state index is 13.1. The number of likely N-dealkylation sites (tertiary alicyclic amines) is 1. The lowest BCUT2D eigenvalue weighted by Gasteiger charge is -2.32. The van der Waals surface area contributed by atoms with Gasteiger partial charge in [0, 0.05) is 19.6 Å². The number of nitrogens with one attached hydrogen (secondary N) is 1. The predicted octanol–water partition coefficient (Wildman–Crippen LogP) is 4.91. The van der Waals surface area contributed by atoms with Gasteiger partial charge in [-0.05, 0) is 67.0 Å². The van der Waals surface area contributed by atoms with Gasteiger partial charge in [0.05, 0.1) is 5.92 Å². The molecule has 2 aromatic carbocycles. The van der Waals surface area contributed by atoms with Crippen LogP contribution in [0.2, 0.25) is 0 Å². The monoisotopic (exact) mass is 396 g/mol. The zero-order valence-corrected chi connectivity index (χ0v) is 17.7. The maximum Gasteiger partial charge on any atom is 0.224 e. The third kappa shape index (κ3) is 6.67. The fourth-order valence-corrected chi connectivity index (χ4v) is 3.98. The number of nitrogens with zero attached hydrogens (tertiary/aromatic N) is 1. The van der Waals surface area contributed by atoms with Crippen molar-refractivity contribution in [2.75, 3.05) is 19.6 Å². The van der Waals surface area contributed by atoms with Crippen LogP contribution >= 0.6 is 0 Å². The van der Waals surface area contributed by atoms with E-state index in [4.69, 9.17) is 0 Å². The molecule has 4 heteroatoms. The molecule has 0 bridgehead atoms. The molecule has 3 nitrogen and oxygen atoms in total. The number of hydrogen-bond donors (Lipinski definition) is 1. The fraction of sp³-hybridized carbons (Fsp3) is 0.480. The summed E-state index contributed by atoms with van der Waals surface area (Å²) in [5.74, 6) is 0.570. The van der Waals surface area contributed by atoms with Crippen LogP contribution in [0, 0.1) is 11.7 Å². The van der Waals surface area contributed by atoms with E-state index in [1.165, 1.54) is 23.3 Å². The lowest BCUT2D eigenvalue weighted by atomic mass is 9.96. The highest BCUT2D eigenvalue weighted by atomic mass is 19.1. The number of piperidine rings is 1. The van der Waals surface area contributed by atoms with E-state index in [1.54, 1.807) is 0 Å². The number of benzene rings is 2. The third-order valence-electron chi connectivity index (χ3n) is 5.78. The van der Waals surface area contributed by atoms with Crippen LogP contribution in [0.25, 0.3) is 0 Å². The van der Waals surface area contributed by atoms with Gasteiger partial charge in [-0.2, -0.15) is 0 Å². The molecule has 0 aromatic heterocycles. The van der Waals surface area contributed by atoms with Gasteiger partial charge >= 0.3 is 0 Å². The smallest absolute Gasteiger partial charge is 0.224 e. The molecule has 0 saturated carbocycles.